The van der Waals surface area contributed by atoms with Crippen LogP contribution in [0.1, 0.15) is 17.3 Å². The Morgan fingerprint density at radius 1 is 1.12 bits per heavy atom. The van der Waals surface area contributed by atoms with Gasteiger partial charge < -0.3 is 9.09 Å². The molecule has 24 heavy (non-hydrogen) atoms. The highest BCUT2D eigenvalue weighted by Gasteiger charge is 2.11. The van der Waals surface area contributed by atoms with Gasteiger partial charge in [-0.25, -0.2) is 4.98 Å². The van der Waals surface area contributed by atoms with Crippen LogP contribution in [0.15, 0.2) is 44.4 Å². The van der Waals surface area contributed by atoms with Gasteiger partial charge in [-0.1, -0.05) is 40.5 Å². The van der Waals surface area contributed by atoms with Crippen LogP contribution in [0.4, 0.5) is 0 Å². The van der Waals surface area contributed by atoms with Gasteiger partial charge in [0.05, 0.1) is 0 Å². The molecule has 0 aliphatic carbocycles. The molecule has 2 heterocycles. The largest absolute Gasteiger partial charge is 0.337 e. The summed E-state index contributed by atoms with van der Waals surface area (Å²) in [5, 5.41) is 4.52. The normalized spacial score (nSPS) is 11.0. The third kappa shape index (κ3) is 4.23. The summed E-state index contributed by atoms with van der Waals surface area (Å²) >= 11 is 14.8. The number of hydrogen-bond acceptors (Lipinski definition) is 5. The minimum atomic E-state index is -0.416. The fourth-order valence-corrected chi connectivity index (χ4v) is 2.95. The zero-order chi connectivity index (χ0) is 17.1. The molecule has 0 fully saturated rings. The van der Waals surface area contributed by atoms with E-state index in [1.165, 1.54) is 10.8 Å². The lowest BCUT2D eigenvalue weighted by Gasteiger charge is -2.02. The van der Waals surface area contributed by atoms with Crippen LogP contribution in [-0.4, -0.2) is 19.7 Å². The van der Waals surface area contributed by atoms with Gasteiger partial charge in [-0.15, -0.1) is 0 Å². The number of aromatic nitrogens is 4. The number of aryl methyl sites for hydroxylation is 2. The topological polar surface area (TPSA) is 73.8 Å². The average molecular weight is 430 g/mol. The minimum Gasteiger partial charge on any atom is -0.337 e. The summed E-state index contributed by atoms with van der Waals surface area (Å²) in [4.78, 5) is 20.0. The Labute approximate surface area is 155 Å². The fraction of sp³-hybridized carbons (Fsp3) is 0.200. The third-order valence-electron chi connectivity index (χ3n) is 3.27. The molecule has 0 saturated heterocycles. The molecule has 0 aliphatic heterocycles. The van der Waals surface area contributed by atoms with Crippen molar-refractivity contribution in [3.8, 4) is 0 Å². The number of halogens is 3. The molecular formula is C15H11BrCl2N4O2. The maximum atomic E-state index is 11.9. The second-order valence-corrected chi connectivity index (χ2v) is 6.63. The summed E-state index contributed by atoms with van der Waals surface area (Å²) in [7, 11) is 0. The van der Waals surface area contributed by atoms with E-state index < -0.39 is 5.56 Å². The highest BCUT2D eigenvalue weighted by molar-refractivity contribution is 9.10. The van der Waals surface area contributed by atoms with Crippen LogP contribution in [-0.2, 0) is 19.4 Å². The summed E-state index contributed by atoms with van der Waals surface area (Å²) in [6, 6.07) is 7.60. The molecule has 124 valence electrons. The first kappa shape index (κ1) is 17.1. The SMILES string of the molecule is O=c1c(Cl)nc(Br)cn1Cc1nc(CCc2ccc(Cl)cc2)no1. The molecule has 3 rings (SSSR count). The van der Waals surface area contributed by atoms with Gasteiger partial charge in [0.2, 0.25) is 5.89 Å². The Balaban J connectivity index is 1.67. The van der Waals surface area contributed by atoms with Crippen LogP contribution < -0.4 is 5.56 Å². The lowest BCUT2D eigenvalue weighted by molar-refractivity contribution is 0.364. The van der Waals surface area contributed by atoms with E-state index in [0.717, 1.165) is 12.0 Å². The first-order valence-corrected chi connectivity index (χ1v) is 8.54. The van der Waals surface area contributed by atoms with Crippen LogP contribution in [0, 0.1) is 0 Å². The van der Waals surface area contributed by atoms with Crippen molar-refractivity contribution in [1.29, 1.82) is 0 Å². The van der Waals surface area contributed by atoms with Crippen molar-refractivity contribution < 1.29 is 4.52 Å². The van der Waals surface area contributed by atoms with Gasteiger partial charge in [-0.05, 0) is 40.0 Å². The Bertz CT molecular complexity index is 909. The molecule has 2 aromatic heterocycles. The summed E-state index contributed by atoms with van der Waals surface area (Å²) in [5.74, 6) is 0.907. The molecule has 3 aromatic rings. The molecule has 0 spiro atoms. The van der Waals surface area contributed by atoms with Crippen LogP contribution in [0.3, 0.4) is 0 Å². The quantitative estimate of drug-likeness (QED) is 0.620. The Hall–Kier alpha value is -1.70. The summed E-state index contributed by atoms with van der Waals surface area (Å²) in [6.45, 7) is 0.133. The van der Waals surface area contributed by atoms with Gasteiger partial charge in [-0.3, -0.25) is 4.79 Å². The third-order valence-corrected chi connectivity index (χ3v) is 4.15. The molecule has 0 radical (unpaired) electrons. The molecule has 0 amide bonds. The lowest BCUT2D eigenvalue weighted by Crippen LogP contribution is -2.22. The van der Waals surface area contributed by atoms with Crippen LogP contribution in [0.5, 0.6) is 0 Å². The zero-order valence-electron chi connectivity index (χ0n) is 12.2. The van der Waals surface area contributed by atoms with Crippen molar-refractivity contribution in [2.45, 2.75) is 19.4 Å². The van der Waals surface area contributed by atoms with E-state index in [1.807, 2.05) is 24.3 Å². The summed E-state index contributed by atoms with van der Waals surface area (Å²) in [6.07, 6.45) is 2.91. The van der Waals surface area contributed by atoms with E-state index in [1.54, 1.807) is 0 Å². The smallest absolute Gasteiger partial charge is 0.288 e. The second-order valence-electron chi connectivity index (χ2n) is 5.02. The van der Waals surface area contributed by atoms with E-state index in [-0.39, 0.29) is 11.7 Å². The first-order valence-electron chi connectivity index (χ1n) is 6.99. The van der Waals surface area contributed by atoms with Crippen molar-refractivity contribution in [3.63, 3.8) is 0 Å². The minimum absolute atomic E-state index is 0.119. The van der Waals surface area contributed by atoms with Crippen LogP contribution in [0.25, 0.3) is 0 Å². The van der Waals surface area contributed by atoms with Gasteiger partial charge in [0, 0.05) is 17.6 Å². The monoisotopic (exact) mass is 428 g/mol. The van der Waals surface area contributed by atoms with Crippen molar-refractivity contribution in [2.75, 3.05) is 0 Å². The van der Waals surface area contributed by atoms with Gasteiger partial charge in [0.1, 0.15) is 11.1 Å². The number of benzene rings is 1. The maximum Gasteiger partial charge on any atom is 0.288 e. The second kappa shape index (κ2) is 7.46. The predicted octanol–water partition coefficient (Wildman–Crippen LogP) is 3.53. The standard InChI is InChI=1S/C15H11BrCl2N4O2/c16-11-7-22(15(23)14(18)19-11)8-13-20-12(21-24-13)6-3-9-1-4-10(17)5-2-9/h1-2,4-5,7H,3,6,8H2. The molecule has 0 unspecified atom stereocenters. The van der Waals surface area contributed by atoms with Gasteiger partial charge >= 0.3 is 0 Å². The molecule has 0 bridgehead atoms. The summed E-state index contributed by atoms with van der Waals surface area (Å²) < 4.78 is 7.00. The van der Waals surface area contributed by atoms with Gasteiger partial charge in [-0.2, -0.15) is 4.98 Å². The number of rotatable bonds is 5. The summed E-state index contributed by atoms with van der Waals surface area (Å²) in [5.41, 5.74) is 0.715. The van der Waals surface area contributed by atoms with Crippen molar-refractivity contribution >= 4 is 39.1 Å². The van der Waals surface area contributed by atoms with Crippen molar-refractivity contribution in [1.82, 2.24) is 19.7 Å². The van der Waals surface area contributed by atoms with E-state index in [2.05, 4.69) is 31.1 Å². The number of nitrogens with zero attached hydrogens (tertiary/aromatic N) is 4. The highest BCUT2D eigenvalue weighted by Crippen LogP contribution is 2.12. The molecule has 9 heteroatoms. The van der Waals surface area contributed by atoms with E-state index in [0.29, 0.717) is 27.8 Å². The molecular weight excluding hydrogens is 419 g/mol. The molecule has 6 nitrogen and oxygen atoms in total. The predicted molar refractivity (Wildman–Crippen MR) is 93.5 cm³/mol. The van der Waals surface area contributed by atoms with E-state index in [4.69, 9.17) is 27.7 Å². The lowest BCUT2D eigenvalue weighted by atomic mass is 10.1. The number of hydrogen-bond donors (Lipinski definition) is 0. The highest BCUT2D eigenvalue weighted by atomic mass is 79.9. The van der Waals surface area contributed by atoms with Crippen LogP contribution in [0.2, 0.25) is 10.2 Å². The van der Waals surface area contributed by atoms with E-state index >= 15 is 0 Å². The fourth-order valence-electron chi connectivity index (χ4n) is 2.10. The Morgan fingerprint density at radius 2 is 1.88 bits per heavy atom. The molecule has 0 saturated carbocycles. The molecule has 1 aromatic carbocycles. The molecule has 0 aliphatic rings. The van der Waals surface area contributed by atoms with E-state index in [9.17, 15) is 4.79 Å². The maximum absolute atomic E-state index is 11.9. The first-order chi connectivity index (χ1) is 11.5. The Morgan fingerprint density at radius 3 is 2.62 bits per heavy atom. The molecule has 0 N–H and O–H groups in total. The van der Waals surface area contributed by atoms with Crippen LogP contribution >= 0.6 is 39.1 Å². The Kier molecular flexibility index (Phi) is 5.33. The zero-order valence-corrected chi connectivity index (χ0v) is 15.3. The van der Waals surface area contributed by atoms with Gasteiger partial charge in [0.15, 0.2) is 11.0 Å². The molecule has 0 atom stereocenters. The van der Waals surface area contributed by atoms with Crippen molar-refractivity contribution in [2.24, 2.45) is 0 Å². The van der Waals surface area contributed by atoms with Gasteiger partial charge in [0.25, 0.3) is 5.56 Å². The van der Waals surface area contributed by atoms with Crippen molar-refractivity contribution in [3.05, 3.63) is 72.9 Å². The average Bonchev–Trinajstić information content (AvgIpc) is 2.99.